The Morgan fingerprint density at radius 2 is 2.16 bits per heavy atom. The summed E-state index contributed by atoms with van der Waals surface area (Å²) in [4.78, 5) is 21.0. The molecule has 1 aliphatic heterocycles. The Kier molecular flexibility index (Phi) is 3.83. The molecule has 0 bridgehead atoms. The number of imidazole rings is 1. The summed E-state index contributed by atoms with van der Waals surface area (Å²) in [5, 5.41) is 8.51. The van der Waals surface area contributed by atoms with E-state index in [-0.39, 0.29) is 5.91 Å². The van der Waals surface area contributed by atoms with Gasteiger partial charge in [0.25, 0.3) is 0 Å². The molecular formula is C18H20N6O. The third-order valence-corrected chi connectivity index (χ3v) is 4.48. The molecule has 0 spiro atoms. The number of pyridine rings is 1. The fourth-order valence-electron chi connectivity index (χ4n) is 3.09. The number of carbonyl (C=O) groups excluding carboxylic acids is 1. The van der Waals surface area contributed by atoms with Crippen molar-refractivity contribution in [3.63, 3.8) is 0 Å². The average molecular weight is 336 g/mol. The van der Waals surface area contributed by atoms with Gasteiger partial charge in [-0.2, -0.15) is 5.10 Å². The van der Waals surface area contributed by atoms with Crippen molar-refractivity contribution in [1.29, 1.82) is 0 Å². The number of carbonyl (C=O) groups is 1. The van der Waals surface area contributed by atoms with Gasteiger partial charge < -0.3 is 14.2 Å². The molecule has 25 heavy (non-hydrogen) atoms. The Morgan fingerprint density at radius 1 is 1.28 bits per heavy atom. The van der Waals surface area contributed by atoms with E-state index in [4.69, 9.17) is 0 Å². The van der Waals surface area contributed by atoms with Crippen LogP contribution in [0.25, 0.3) is 5.65 Å². The van der Waals surface area contributed by atoms with Gasteiger partial charge in [-0.15, -0.1) is 5.10 Å². The second-order valence-corrected chi connectivity index (χ2v) is 6.51. The minimum absolute atomic E-state index is 0.0947. The molecular weight excluding hydrogens is 316 g/mol. The van der Waals surface area contributed by atoms with Crippen molar-refractivity contribution >= 4 is 17.4 Å². The maximum Gasteiger partial charge on any atom is 0.228 e. The van der Waals surface area contributed by atoms with Gasteiger partial charge in [0.2, 0.25) is 5.91 Å². The number of rotatable bonds is 3. The molecule has 0 aromatic carbocycles. The minimum Gasteiger partial charge on any atom is -0.361 e. The standard InChI is InChI=1S/C18H20N6O/c1-22(2)17-9-13-11-24(8-6-15(13)20-21-17)18(25)10-14-12-23-7-4-3-5-16(23)19-14/h3-5,7,9,12H,6,8,10-11H2,1-2H3. The van der Waals surface area contributed by atoms with Crippen molar-refractivity contribution in [3.05, 3.63) is 53.6 Å². The molecule has 0 aliphatic carbocycles. The van der Waals surface area contributed by atoms with Gasteiger partial charge >= 0.3 is 0 Å². The Hall–Kier alpha value is -2.96. The van der Waals surface area contributed by atoms with Gasteiger partial charge in [-0.25, -0.2) is 4.98 Å². The van der Waals surface area contributed by atoms with Crippen LogP contribution in [-0.4, -0.2) is 51.0 Å². The van der Waals surface area contributed by atoms with E-state index in [9.17, 15) is 4.79 Å². The van der Waals surface area contributed by atoms with Crippen molar-refractivity contribution in [3.8, 4) is 0 Å². The quantitative estimate of drug-likeness (QED) is 0.722. The molecule has 1 aliphatic rings. The maximum atomic E-state index is 12.7. The smallest absolute Gasteiger partial charge is 0.228 e. The van der Waals surface area contributed by atoms with E-state index in [0.29, 0.717) is 19.5 Å². The molecule has 0 N–H and O–H groups in total. The van der Waals surface area contributed by atoms with Crippen molar-refractivity contribution in [2.45, 2.75) is 19.4 Å². The number of anilines is 1. The Labute approximate surface area is 145 Å². The fourth-order valence-corrected chi connectivity index (χ4v) is 3.09. The SMILES string of the molecule is CN(C)c1cc2c(nn1)CCN(C(=O)Cc1cn3ccccc3n1)C2. The molecule has 0 unspecified atom stereocenters. The minimum atomic E-state index is 0.0947. The van der Waals surface area contributed by atoms with Crippen LogP contribution >= 0.6 is 0 Å². The van der Waals surface area contributed by atoms with Gasteiger partial charge in [0.15, 0.2) is 5.82 Å². The Balaban J connectivity index is 1.50. The first-order chi connectivity index (χ1) is 12.1. The summed E-state index contributed by atoms with van der Waals surface area (Å²) in [5.41, 5.74) is 3.72. The lowest BCUT2D eigenvalue weighted by Crippen LogP contribution is -2.37. The first-order valence-electron chi connectivity index (χ1n) is 8.33. The third kappa shape index (κ3) is 3.05. The molecule has 7 heteroatoms. The predicted octanol–water partition coefficient (Wildman–Crippen LogP) is 1.32. The highest BCUT2D eigenvalue weighted by Crippen LogP contribution is 2.20. The average Bonchev–Trinajstić information content (AvgIpc) is 3.02. The highest BCUT2D eigenvalue weighted by atomic mass is 16.2. The van der Waals surface area contributed by atoms with Gasteiger partial charge in [-0.3, -0.25) is 4.79 Å². The van der Waals surface area contributed by atoms with E-state index in [2.05, 4.69) is 15.2 Å². The van der Waals surface area contributed by atoms with E-state index in [0.717, 1.165) is 34.8 Å². The lowest BCUT2D eigenvalue weighted by molar-refractivity contribution is -0.131. The molecule has 0 atom stereocenters. The zero-order valence-corrected chi connectivity index (χ0v) is 14.4. The van der Waals surface area contributed by atoms with Crippen LogP contribution in [0.3, 0.4) is 0 Å². The summed E-state index contributed by atoms with van der Waals surface area (Å²) in [7, 11) is 3.87. The summed E-state index contributed by atoms with van der Waals surface area (Å²) in [6.45, 7) is 1.26. The number of aromatic nitrogens is 4. The first kappa shape index (κ1) is 15.6. The number of hydrogen-bond acceptors (Lipinski definition) is 5. The van der Waals surface area contributed by atoms with Gasteiger partial charge in [0.05, 0.1) is 17.8 Å². The van der Waals surface area contributed by atoms with Crippen LogP contribution in [0.15, 0.2) is 36.7 Å². The number of amides is 1. The summed E-state index contributed by atoms with van der Waals surface area (Å²) < 4.78 is 1.94. The topological polar surface area (TPSA) is 66.6 Å². The molecule has 7 nitrogen and oxygen atoms in total. The van der Waals surface area contributed by atoms with E-state index in [1.54, 1.807) is 0 Å². The lowest BCUT2D eigenvalue weighted by Gasteiger charge is -2.28. The number of fused-ring (bicyclic) bond motifs is 2. The van der Waals surface area contributed by atoms with Crippen molar-refractivity contribution in [2.24, 2.45) is 0 Å². The molecule has 3 aromatic rings. The molecule has 0 saturated heterocycles. The molecule has 0 fully saturated rings. The maximum absolute atomic E-state index is 12.7. The van der Waals surface area contributed by atoms with Crippen molar-refractivity contribution in [1.82, 2.24) is 24.5 Å². The highest BCUT2D eigenvalue weighted by molar-refractivity contribution is 5.78. The fraction of sp³-hybridized carbons (Fsp3) is 0.333. The summed E-state index contributed by atoms with van der Waals surface area (Å²) in [6.07, 6.45) is 4.92. The molecule has 0 saturated carbocycles. The summed E-state index contributed by atoms with van der Waals surface area (Å²) in [5.74, 6) is 0.908. The van der Waals surface area contributed by atoms with Gasteiger partial charge in [-0.1, -0.05) is 6.07 Å². The van der Waals surface area contributed by atoms with E-state index in [1.807, 2.05) is 65.0 Å². The Morgan fingerprint density at radius 3 is 2.96 bits per heavy atom. The lowest BCUT2D eigenvalue weighted by atomic mass is 10.1. The van der Waals surface area contributed by atoms with Crippen molar-refractivity contribution < 1.29 is 4.79 Å². The van der Waals surface area contributed by atoms with Gasteiger partial charge in [-0.05, 0) is 23.8 Å². The van der Waals surface area contributed by atoms with E-state index in [1.165, 1.54) is 0 Å². The second-order valence-electron chi connectivity index (χ2n) is 6.51. The van der Waals surface area contributed by atoms with Crippen LogP contribution in [0.1, 0.15) is 17.0 Å². The first-order valence-corrected chi connectivity index (χ1v) is 8.33. The number of nitrogens with zero attached hydrogens (tertiary/aromatic N) is 6. The predicted molar refractivity (Wildman–Crippen MR) is 94.4 cm³/mol. The molecule has 3 aromatic heterocycles. The van der Waals surface area contributed by atoms with Crippen LogP contribution in [0.2, 0.25) is 0 Å². The van der Waals surface area contributed by atoms with Gasteiger partial charge in [0, 0.05) is 46.0 Å². The second kappa shape index (κ2) is 6.16. The van der Waals surface area contributed by atoms with Crippen molar-refractivity contribution in [2.75, 3.05) is 25.5 Å². The van der Waals surface area contributed by atoms with Crippen LogP contribution in [0.4, 0.5) is 5.82 Å². The molecule has 4 heterocycles. The molecule has 128 valence electrons. The summed E-state index contributed by atoms with van der Waals surface area (Å²) >= 11 is 0. The molecule has 1 amide bonds. The molecule has 0 radical (unpaired) electrons. The molecule has 4 rings (SSSR count). The van der Waals surface area contributed by atoms with E-state index >= 15 is 0 Å². The van der Waals surface area contributed by atoms with Gasteiger partial charge in [0.1, 0.15) is 5.65 Å². The van der Waals surface area contributed by atoms with Crippen LogP contribution in [0, 0.1) is 0 Å². The summed E-state index contributed by atoms with van der Waals surface area (Å²) in [6, 6.07) is 7.85. The van der Waals surface area contributed by atoms with Crippen LogP contribution < -0.4 is 4.90 Å². The monoisotopic (exact) mass is 336 g/mol. The van der Waals surface area contributed by atoms with Crippen LogP contribution in [0.5, 0.6) is 0 Å². The zero-order valence-electron chi connectivity index (χ0n) is 14.4. The highest BCUT2D eigenvalue weighted by Gasteiger charge is 2.23. The Bertz CT molecular complexity index is 899. The normalized spacial score (nSPS) is 13.8. The third-order valence-electron chi connectivity index (χ3n) is 4.48. The largest absolute Gasteiger partial charge is 0.361 e. The zero-order chi connectivity index (χ0) is 17.4. The number of hydrogen-bond donors (Lipinski definition) is 0. The van der Waals surface area contributed by atoms with Crippen LogP contribution in [-0.2, 0) is 24.2 Å². The van der Waals surface area contributed by atoms with E-state index < -0.39 is 0 Å².